The molecule has 1 rings (SSSR count). The minimum absolute atomic E-state index is 0.0194. The van der Waals surface area contributed by atoms with Crippen molar-refractivity contribution in [3.05, 3.63) is 0 Å². The van der Waals surface area contributed by atoms with Gasteiger partial charge in [0.2, 0.25) is 5.91 Å². The van der Waals surface area contributed by atoms with Crippen molar-refractivity contribution in [2.45, 2.75) is 13.0 Å². The number of rotatable bonds is 6. The van der Waals surface area contributed by atoms with E-state index in [-0.39, 0.29) is 24.4 Å². The van der Waals surface area contributed by atoms with Crippen molar-refractivity contribution in [2.75, 3.05) is 33.4 Å². The van der Waals surface area contributed by atoms with E-state index in [9.17, 15) is 9.59 Å². The Kier molecular flexibility index (Phi) is 4.70. The fourth-order valence-corrected chi connectivity index (χ4v) is 1.67. The first kappa shape index (κ1) is 12.9. The van der Waals surface area contributed by atoms with Crippen molar-refractivity contribution in [2.24, 2.45) is 5.92 Å². The minimum Gasteiger partial charge on any atom is -0.481 e. The van der Waals surface area contributed by atoms with Crippen LogP contribution >= 0.6 is 0 Å². The first-order chi connectivity index (χ1) is 7.52. The van der Waals surface area contributed by atoms with E-state index in [0.717, 1.165) is 0 Å². The molecule has 6 nitrogen and oxygen atoms in total. The zero-order chi connectivity index (χ0) is 12.1. The molecule has 0 spiro atoms. The standard InChI is InChI=1S/C10H18N2O4/c1-7(6-16-2)11-9(13)5-12-3-8(4-12)10(14)15/h7-8H,3-6H2,1-2H3,(H,11,13)(H,14,15). The Balaban J connectivity index is 2.14. The number of aliphatic carboxylic acids is 1. The monoisotopic (exact) mass is 230 g/mol. The van der Waals surface area contributed by atoms with Crippen LogP contribution in [-0.2, 0) is 14.3 Å². The van der Waals surface area contributed by atoms with E-state index in [1.807, 2.05) is 11.8 Å². The second-order valence-electron chi connectivity index (χ2n) is 4.15. The summed E-state index contributed by atoms with van der Waals surface area (Å²) in [5.41, 5.74) is 0. The van der Waals surface area contributed by atoms with Crippen molar-refractivity contribution >= 4 is 11.9 Å². The molecule has 1 unspecified atom stereocenters. The molecule has 1 aliphatic rings. The highest BCUT2D eigenvalue weighted by atomic mass is 16.5. The van der Waals surface area contributed by atoms with Crippen LogP contribution in [0.1, 0.15) is 6.92 Å². The molecule has 1 fully saturated rings. The number of nitrogens with one attached hydrogen (secondary N) is 1. The van der Waals surface area contributed by atoms with Crippen LogP contribution in [0.5, 0.6) is 0 Å². The van der Waals surface area contributed by atoms with Crippen molar-refractivity contribution < 1.29 is 19.4 Å². The highest BCUT2D eigenvalue weighted by Crippen LogP contribution is 2.14. The molecule has 1 aliphatic heterocycles. The van der Waals surface area contributed by atoms with Gasteiger partial charge in [0.25, 0.3) is 0 Å². The van der Waals surface area contributed by atoms with Crippen molar-refractivity contribution in [3.8, 4) is 0 Å². The highest BCUT2D eigenvalue weighted by Gasteiger charge is 2.33. The lowest BCUT2D eigenvalue weighted by Gasteiger charge is -2.36. The van der Waals surface area contributed by atoms with Crippen LogP contribution in [0.15, 0.2) is 0 Å². The van der Waals surface area contributed by atoms with Gasteiger partial charge < -0.3 is 15.2 Å². The maximum Gasteiger partial charge on any atom is 0.309 e. The number of carboxylic acid groups (broad SMARTS) is 1. The van der Waals surface area contributed by atoms with Crippen LogP contribution in [0.25, 0.3) is 0 Å². The van der Waals surface area contributed by atoms with E-state index in [4.69, 9.17) is 9.84 Å². The molecule has 1 atom stereocenters. The Labute approximate surface area is 94.6 Å². The molecular formula is C10H18N2O4. The normalized spacial score (nSPS) is 18.9. The van der Waals surface area contributed by atoms with E-state index in [0.29, 0.717) is 19.7 Å². The van der Waals surface area contributed by atoms with Crippen LogP contribution in [0.3, 0.4) is 0 Å². The van der Waals surface area contributed by atoms with Gasteiger partial charge in [-0.15, -0.1) is 0 Å². The van der Waals surface area contributed by atoms with Crippen LogP contribution in [0.2, 0.25) is 0 Å². The predicted octanol–water partition coefficient (Wildman–Crippen LogP) is -0.846. The number of carboxylic acids is 1. The summed E-state index contributed by atoms with van der Waals surface area (Å²) in [5, 5.41) is 11.4. The van der Waals surface area contributed by atoms with Gasteiger partial charge in [0.05, 0.1) is 19.1 Å². The molecule has 1 heterocycles. The first-order valence-corrected chi connectivity index (χ1v) is 5.26. The molecular weight excluding hydrogens is 212 g/mol. The zero-order valence-corrected chi connectivity index (χ0v) is 9.60. The Morgan fingerprint density at radius 3 is 2.69 bits per heavy atom. The molecule has 1 saturated heterocycles. The number of hydrogen-bond donors (Lipinski definition) is 2. The van der Waals surface area contributed by atoms with E-state index in [2.05, 4.69) is 5.32 Å². The third kappa shape index (κ3) is 3.79. The fourth-order valence-electron chi connectivity index (χ4n) is 1.67. The lowest BCUT2D eigenvalue weighted by Crippen LogP contribution is -2.54. The topological polar surface area (TPSA) is 78.9 Å². The van der Waals surface area contributed by atoms with Crippen LogP contribution in [-0.4, -0.2) is 61.3 Å². The molecule has 6 heteroatoms. The van der Waals surface area contributed by atoms with Gasteiger partial charge in [-0.25, -0.2) is 0 Å². The maximum absolute atomic E-state index is 11.5. The minimum atomic E-state index is -0.788. The highest BCUT2D eigenvalue weighted by molar-refractivity contribution is 5.79. The largest absolute Gasteiger partial charge is 0.481 e. The number of methoxy groups -OCH3 is 1. The van der Waals surface area contributed by atoms with Crippen molar-refractivity contribution in [3.63, 3.8) is 0 Å². The van der Waals surface area contributed by atoms with E-state index in [1.165, 1.54) is 0 Å². The molecule has 16 heavy (non-hydrogen) atoms. The number of carbonyl (C=O) groups is 2. The van der Waals surface area contributed by atoms with Gasteiger partial charge in [0, 0.05) is 26.2 Å². The van der Waals surface area contributed by atoms with Crippen LogP contribution in [0, 0.1) is 5.92 Å². The van der Waals surface area contributed by atoms with Crippen molar-refractivity contribution in [1.29, 1.82) is 0 Å². The Morgan fingerprint density at radius 1 is 1.56 bits per heavy atom. The molecule has 0 aromatic rings. The SMILES string of the molecule is COCC(C)NC(=O)CN1CC(C(=O)O)C1. The first-order valence-electron chi connectivity index (χ1n) is 5.26. The van der Waals surface area contributed by atoms with E-state index in [1.54, 1.807) is 7.11 Å². The quantitative estimate of drug-likeness (QED) is 0.621. The Bertz CT molecular complexity index is 264. The van der Waals surface area contributed by atoms with Crippen LogP contribution in [0.4, 0.5) is 0 Å². The number of likely N-dealkylation sites (tertiary alicyclic amines) is 1. The Morgan fingerprint density at radius 2 is 2.19 bits per heavy atom. The van der Waals surface area contributed by atoms with E-state index < -0.39 is 5.97 Å². The second-order valence-corrected chi connectivity index (χ2v) is 4.15. The second kappa shape index (κ2) is 5.81. The molecule has 92 valence electrons. The molecule has 0 aliphatic carbocycles. The number of amides is 1. The van der Waals surface area contributed by atoms with Gasteiger partial charge in [0.1, 0.15) is 0 Å². The summed E-state index contributed by atoms with van der Waals surface area (Å²) < 4.78 is 4.89. The third-order valence-electron chi connectivity index (χ3n) is 2.50. The fraction of sp³-hybridized carbons (Fsp3) is 0.800. The average Bonchev–Trinajstić information content (AvgIpc) is 2.10. The molecule has 0 aromatic heterocycles. The summed E-state index contributed by atoms with van der Waals surface area (Å²) in [7, 11) is 1.58. The lowest BCUT2D eigenvalue weighted by molar-refractivity contribution is -0.148. The molecule has 1 amide bonds. The van der Waals surface area contributed by atoms with Gasteiger partial charge in [-0.2, -0.15) is 0 Å². The number of nitrogens with zero attached hydrogens (tertiary/aromatic N) is 1. The lowest BCUT2D eigenvalue weighted by atomic mass is 10.0. The molecule has 0 radical (unpaired) electrons. The number of ether oxygens (including phenoxy) is 1. The van der Waals surface area contributed by atoms with Crippen molar-refractivity contribution in [1.82, 2.24) is 10.2 Å². The van der Waals surface area contributed by atoms with Gasteiger partial charge in [-0.05, 0) is 6.92 Å². The Hall–Kier alpha value is -1.14. The zero-order valence-electron chi connectivity index (χ0n) is 9.60. The van der Waals surface area contributed by atoms with Gasteiger partial charge >= 0.3 is 5.97 Å². The molecule has 0 saturated carbocycles. The summed E-state index contributed by atoms with van der Waals surface area (Å²) in [6, 6.07) is -0.0194. The molecule has 0 bridgehead atoms. The summed E-state index contributed by atoms with van der Waals surface area (Å²) in [6.07, 6.45) is 0. The van der Waals surface area contributed by atoms with E-state index >= 15 is 0 Å². The smallest absolute Gasteiger partial charge is 0.309 e. The van der Waals surface area contributed by atoms with Gasteiger partial charge in [-0.1, -0.05) is 0 Å². The summed E-state index contributed by atoms with van der Waals surface area (Å²) >= 11 is 0. The van der Waals surface area contributed by atoms with Gasteiger partial charge in [0.15, 0.2) is 0 Å². The molecule has 2 N–H and O–H groups in total. The average molecular weight is 230 g/mol. The van der Waals surface area contributed by atoms with Gasteiger partial charge in [-0.3, -0.25) is 14.5 Å². The number of carbonyl (C=O) groups excluding carboxylic acids is 1. The summed E-state index contributed by atoms with van der Waals surface area (Å²) in [4.78, 5) is 23.8. The molecule has 0 aromatic carbocycles. The third-order valence-corrected chi connectivity index (χ3v) is 2.50. The summed E-state index contributed by atoms with van der Waals surface area (Å²) in [6.45, 7) is 3.52. The number of hydrogen-bond acceptors (Lipinski definition) is 4. The maximum atomic E-state index is 11.5. The predicted molar refractivity (Wildman–Crippen MR) is 57.0 cm³/mol. The van der Waals surface area contributed by atoms with Crippen LogP contribution < -0.4 is 5.32 Å². The summed E-state index contributed by atoms with van der Waals surface area (Å²) in [5.74, 6) is -1.19.